The van der Waals surface area contributed by atoms with Gasteiger partial charge in [-0.3, -0.25) is 0 Å². The van der Waals surface area contributed by atoms with Crippen LogP contribution in [0.3, 0.4) is 0 Å². The molecular weight excluding hydrogens is 771 g/mol. The van der Waals surface area contributed by atoms with E-state index in [0.717, 1.165) is 0 Å². The number of rotatable bonds is 6. The Morgan fingerprint density at radius 3 is 1.11 bits per heavy atom. The van der Waals surface area contributed by atoms with Crippen molar-refractivity contribution in [2.24, 2.45) is 0 Å². The molecule has 0 saturated carbocycles. The van der Waals surface area contributed by atoms with Crippen molar-refractivity contribution in [3.8, 4) is 11.4 Å². The van der Waals surface area contributed by atoms with Crippen LogP contribution in [0.5, 0.6) is 0 Å². The second-order valence-corrected chi connectivity index (χ2v) is 25.5. The SMILES string of the molecule is Cc1cccc[c]1[Sn]([c]1ccccc1C)([c]1ccccc1C)[c]1cc(-n2c3ccccc3c3cc(-n4c5ccccc5c5ccccc54)ccc32)ccc1C. The van der Waals surface area contributed by atoms with Crippen LogP contribution in [0.25, 0.3) is 55.0 Å². The molecule has 55 heavy (non-hydrogen) atoms. The Morgan fingerprint density at radius 1 is 0.291 bits per heavy atom. The Morgan fingerprint density at radius 2 is 0.636 bits per heavy atom. The third kappa shape index (κ3) is 5.08. The number of para-hydroxylation sites is 3. The molecule has 0 saturated heterocycles. The fourth-order valence-corrected chi connectivity index (χ4v) is 26.3. The Labute approximate surface area is 326 Å². The molecule has 264 valence electrons. The summed E-state index contributed by atoms with van der Waals surface area (Å²) in [4.78, 5) is 0. The molecule has 2 aromatic heterocycles. The number of fused-ring (bicyclic) bond motifs is 6. The topological polar surface area (TPSA) is 9.86 Å². The van der Waals surface area contributed by atoms with E-state index in [1.165, 1.54) is 91.6 Å². The summed E-state index contributed by atoms with van der Waals surface area (Å²) >= 11 is -4.05. The molecule has 0 atom stereocenters. The van der Waals surface area contributed by atoms with Gasteiger partial charge in [0.15, 0.2) is 0 Å². The first-order chi connectivity index (χ1) is 27.0. The number of hydrogen-bond donors (Lipinski definition) is 0. The molecule has 0 unspecified atom stereocenters. The average molecular weight is 814 g/mol. The summed E-state index contributed by atoms with van der Waals surface area (Å²) in [5.74, 6) is 0. The third-order valence-electron chi connectivity index (χ3n) is 12.0. The second-order valence-electron chi connectivity index (χ2n) is 15.1. The molecule has 0 bridgehead atoms. The van der Waals surface area contributed by atoms with Gasteiger partial charge in [0.2, 0.25) is 0 Å². The molecule has 0 amide bonds. The molecule has 8 aromatic carbocycles. The van der Waals surface area contributed by atoms with Gasteiger partial charge in [-0.25, -0.2) is 0 Å². The molecule has 0 spiro atoms. The van der Waals surface area contributed by atoms with Crippen molar-refractivity contribution in [3.05, 3.63) is 204 Å². The number of nitrogens with zero attached hydrogens (tertiary/aromatic N) is 2. The molecule has 0 radical (unpaired) electrons. The Bertz CT molecular complexity index is 2940. The predicted molar refractivity (Wildman–Crippen MR) is 238 cm³/mol. The molecule has 0 fully saturated rings. The number of hydrogen-bond acceptors (Lipinski definition) is 0. The van der Waals surface area contributed by atoms with Gasteiger partial charge in [-0.2, -0.15) is 0 Å². The molecule has 0 aliphatic carbocycles. The van der Waals surface area contributed by atoms with E-state index in [1.807, 2.05) is 0 Å². The Hall–Kier alpha value is -5.84. The van der Waals surface area contributed by atoms with Gasteiger partial charge in [0.25, 0.3) is 0 Å². The van der Waals surface area contributed by atoms with Crippen LogP contribution in [-0.4, -0.2) is 27.5 Å². The molecule has 2 nitrogen and oxygen atoms in total. The fourth-order valence-electron chi connectivity index (χ4n) is 9.58. The van der Waals surface area contributed by atoms with Gasteiger partial charge >= 0.3 is 317 Å². The van der Waals surface area contributed by atoms with Crippen LogP contribution in [0, 0.1) is 27.7 Å². The zero-order valence-electron chi connectivity index (χ0n) is 31.7. The minimum atomic E-state index is -4.05. The summed E-state index contributed by atoms with van der Waals surface area (Å²) in [6, 6.07) is 68.4. The van der Waals surface area contributed by atoms with Gasteiger partial charge in [0.05, 0.1) is 0 Å². The van der Waals surface area contributed by atoms with Crippen LogP contribution in [0.1, 0.15) is 22.3 Å². The van der Waals surface area contributed by atoms with Crippen molar-refractivity contribution >= 4 is 76.3 Å². The van der Waals surface area contributed by atoms with Crippen molar-refractivity contribution in [1.82, 2.24) is 9.13 Å². The number of benzene rings is 8. The third-order valence-corrected chi connectivity index (χ3v) is 27.6. The van der Waals surface area contributed by atoms with Gasteiger partial charge in [-0.1, -0.05) is 12.1 Å². The van der Waals surface area contributed by atoms with E-state index in [-0.39, 0.29) is 0 Å². The summed E-state index contributed by atoms with van der Waals surface area (Å²) in [7, 11) is 0. The van der Waals surface area contributed by atoms with Crippen LogP contribution in [0.4, 0.5) is 0 Å². The molecule has 3 heteroatoms. The van der Waals surface area contributed by atoms with Gasteiger partial charge in [0.1, 0.15) is 0 Å². The molecule has 0 aliphatic rings. The van der Waals surface area contributed by atoms with Gasteiger partial charge in [0, 0.05) is 0 Å². The Balaban J connectivity index is 1.28. The molecule has 0 N–H and O–H groups in total. The van der Waals surface area contributed by atoms with Crippen molar-refractivity contribution in [3.63, 3.8) is 0 Å². The Kier molecular flexibility index (Phi) is 8.07. The standard InChI is InChI=1S/C31H21N2.3C7H7.Sn/c1-21-14-16-22(17-15-21)32-30-13-7-4-10-26(30)27-20-23(18-19-31(27)32)33-28-11-5-2-8-24(28)25-9-3-6-12-29(25)33;3*1-7-5-3-2-4-6-7;/h2-14,16-20H,1H3;3*2-5H,1H3;. The van der Waals surface area contributed by atoms with Crippen molar-refractivity contribution in [2.45, 2.75) is 27.7 Å². The van der Waals surface area contributed by atoms with E-state index in [0.29, 0.717) is 0 Å². The van der Waals surface area contributed by atoms with Crippen LogP contribution in [0.15, 0.2) is 182 Å². The van der Waals surface area contributed by atoms with E-state index in [9.17, 15) is 0 Å². The maximum atomic E-state index is 2.57. The van der Waals surface area contributed by atoms with E-state index >= 15 is 0 Å². The summed E-state index contributed by atoms with van der Waals surface area (Å²) in [5.41, 5.74) is 12.7. The van der Waals surface area contributed by atoms with Crippen molar-refractivity contribution < 1.29 is 0 Å². The van der Waals surface area contributed by atoms with Gasteiger partial charge in [-0.15, -0.1) is 0 Å². The predicted octanol–water partition coefficient (Wildman–Crippen LogP) is 10.5. The zero-order chi connectivity index (χ0) is 37.3. The van der Waals surface area contributed by atoms with Crippen LogP contribution in [-0.2, 0) is 0 Å². The van der Waals surface area contributed by atoms with Crippen LogP contribution < -0.4 is 14.3 Å². The second kappa shape index (κ2) is 13.2. The molecule has 2 heterocycles. The quantitative estimate of drug-likeness (QED) is 0.148. The fraction of sp³-hybridized carbons (Fsp3) is 0.0769. The number of aryl methyl sites for hydroxylation is 4. The normalized spacial score (nSPS) is 12.0. The monoisotopic (exact) mass is 814 g/mol. The summed E-state index contributed by atoms with van der Waals surface area (Å²) in [6.45, 7) is 9.29. The first-order valence-corrected chi connectivity index (χ1v) is 25.0. The first-order valence-electron chi connectivity index (χ1n) is 19.3. The van der Waals surface area contributed by atoms with E-state index in [1.54, 1.807) is 0 Å². The summed E-state index contributed by atoms with van der Waals surface area (Å²) < 4.78 is 11.0. The van der Waals surface area contributed by atoms with Gasteiger partial charge in [-0.05, 0) is 0 Å². The maximum absolute atomic E-state index is 4.05. The summed E-state index contributed by atoms with van der Waals surface area (Å²) in [5, 5.41) is 5.06. The average Bonchev–Trinajstić information content (AvgIpc) is 3.73. The first kappa shape index (κ1) is 33.7. The van der Waals surface area contributed by atoms with Gasteiger partial charge < -0.3 is 0 Å². The zero-order valence-corrected chi connectivity index (χ0v) is 34.6. The van der Waals surface area contributed by atoms with Crippen molar-refractivity contribution in [1.29, 1.82) is 0 Å². The molecule has 0 aliphatic heterocycles. The van der Waals surface area contributed by atoms with E-state index in [2.05, 4.69) is 219 Å². The molecular formula is C52H42N2Sn. The molecule has 10 aromatic rings. The van der Waals surface area contributed by atoms with Crippen molar-refractivity contribution in [2.75, 3.05) is 0 Å². The minimum absolute atomic E-state index is 1.17. The van der Waals surface area contributed by atoms with E-state index < -0.39 is 18.4 Å². The van der Waals surface area contributed by atoms with Crippen LogP contribution >= 0.6 is 0 Å². The molecule has 10 rings (SSSR count). The van der Waals surface area contributed by atoms with Crippen LogP contribution in [0.2, 0.25) is 0 Å². The number of aromatic nitrogens is 2. The summed E-state index contributed by atoms with van der Waals surface area (Å²) in [6.07, 6.45) is 0. The van der Waals surface area contributed by atoms with E-state index in [4.69, 9.17) is 0 Å².